The molecule has 3 aromatic carbocycles. The number of aliphatic hydroxyl groups excluding tert-OH is 1. The van der Waals surface area contributed by atoms with Gasteiger partial charge in [-0.25, -0.2) is 4.99 Å². The van der Waals surface area contributed by atoms with Gasteiger partial charge >= 0.3 is 6.18 Å². The molecule has 0 atom stereocenters. The lowest BCUT2D eigenvalue weighted by molar-refractivity contribution is -0.137. The summed E-state index contributed by atoms with van der Waals surface area (Å²) in [5, 5.41) is 9.40. The van der Waals surface area contributed by atoms with E-state index in [1.165, 1.54) is 24.1 Å². The summed E-state index contributed by atoms with van der Waals surface area (Å²) >= 11 is 0. The molecule has 1 N–H and O–H groups in total. The van der Waals surface area contributed by atoms with Crippen LogP contribution >= 0.6 is 0 Å². The lowest BCUT2D eigenvalue weighted by Gasteiger charge is -2.45. The second-order valence-electron chi connectivity index (χ2n) is 12.9. The summed E-state index contributed by atoms with van der Waals surface area (Å²) < 4.78 is 44.6. The van der Waals surface area contributed by atoms with E-state index in [9.17, 15) is 18.3 Å². The van der Waals surface area contributed by atoms with E-state index in [1.807, 2.05) is 52.6 Å². The number of aliphatic hydroxyl groups is 1. The maximum absolute atomic E-state index is 13.6. The highest BCUT2D eigenvalue weighted by atomic mass is 19.4. The normalized spacial score (nSPS) is 18.0. The van der Waals surface area contributed by atoms with Crippen molar-refractivity contribution in [1.82, 2.24) is 9.13 Å². The molecule has 7 heteroatoms. The first-order valence-corrected chi connectivity index (χ1v) is 13.8. The van der Waals surface area contributed by atoms with Crippen molar-refractivity contribution in [1.29, 1.82) is 0 Å². The van der Waals surface area contributed by atoms with Crippen molar-refractivity contribution in [2.45, 2.75) is 72.2 Å². The molecule has 4 nitrogen and oxygen atoms in total. The average molecular weight is 550 g/mol. The Balaban J connectivity index is 1.58. The van der Waals surface area contributed by atoms with Crippen molar-refractivity contribution in [3.63, 3.8) is 0 Å². The van der Waals surface area contributed by atoms with Crippen molar-refractivity contribution in [3.05, 3.63) is 94.6 Å². The van der Waals surface area contributed by atoms with Crippen molar-refractivity contribution in [2.24, 2.45) is 22.9 Å². The van der Waals surface area contributed by atoms with E-state index in [4.69, 9.17) is 4.99 Å². The molecule has 0 saturated heterocycles. The zero-order valence-electron chi connectivity index (χ0n) is 23.9. The zero-order chi connectivity index (χ0) is 28.9. The van der Waals surface area contributed by atoms with Crippen LogP contribution in [0.5, 0.6) is 0 Å². The number of aryl methyl sites for hydroxylation is 1. The van der Waals surface area contributed by atoms with E-state index in [1.54, 1.807) is 0 Å². The van der Waals surface area contributed by atoms with Crippen LogP contribution in [0, 0.1) is 10.8 Å². The van der Waals surface area contributed by atoms with Crippen LogP contribution in [0.1, 0.15) is 75.1 Å². The molecule has 1 saturated carbocycles. The molecule has 40 heavy (non-hydrogen) atoms. The van der Waals surface area contributed by atoms with Gasteiger partial charge in [-0.15, -0.1) is 0 Å². The maximum atomic E-state index is 13.6. The molecule has 0 bridgehead atoms. The fourth-order valence-electron chi connectivity index (χ4n) is 6.84. The Kier molecular flexibility index (Phi) is 7.24. The molecular formula is C33H38F3N3O. The Morgan fingerprint density at radius 3 is 2.02 bits per heavy atom. The van der Waals surface area contributed by atoms with Crippen molar-refractivity contribution in [2.75, 3.05) is 0 Å². The molecule has 0 spiro atoms. The summed E-state index contributed by atoms with van der Waals surface area (Å²) in [6, 6.07) is 19.6. The minimum atomic E-state index is -4.44. The van der Waals surface area contributed by atoms with Crippen LogP contribution in [0.15, 0.2) is 71.7 Å². The zero-order valence-corrected chi connectivity index (χ0v) is 23.9. The van der Waals surface area contributed by atoms with Gasteiger partial charge in [-0.2, -0.15) is 13.2 Å². The molecule has 0 unspecified atom stereocenters. The number of nitrogens with zero attached hydrogens (tertiary/aromatic N) is 3. The number of hydrogen-bond donors (Lipinski definition) is 1. The fourth-order valence-corrected chi connectivity index (χ4v) is 6.84. The number of rotatable bonds is 5. The van der Waals surface area contributed by atoms with Crippen molar-refractivity contribution < 1.29 is 18.3 Å². The van der Waals surface area contributed by atoms with Gasteiger partial charge in [0, 0.05) is 7.05 Å². The highest BCUT2D eigenvalue weighted by Crippen LogP contribution is 2.51. The molecule has 0 radical (unpaired) electrons. The molecule has 5 rings (SSSR count). The first kappa shape index (κ1) is 28.2. The summed E-state index contributed by atoms with van der Waals surface area (Å²) in [5.41, 5.74) is 5.32. The molecule has 1 aromatic heterocycles. The van der Waals surface area contributed by atoms with Crippen LogP contribution in [0.2, 0.25) is 0 Å². The van der Waals surface area contributed by atoms with Gasteiger partial charge in [-0.3, -0.25) is 0 Å². The highest BCUT2D eigenvalue weighted by molar-refractivity contribution is 5.77. The first-order chi connectivity index (χ1) is 18.7. The third-order valence-corrected chi connectivity index (χ3v) is 8.19. The second-order valence-corrected chi connectivity index (χ2v) is 12.9. The number of imidazole rings is 1. The third kappa shape index (κ3) is 5.90. The van der Waals surface area contributed by atoms with Gasteiger partial charge in [-0.05, 0) is 83.0 Å². The number of alkyl halides is 3. The van der Waals surface area contributed by atoms with Gasteiger partial charge in [0.05, 0.1) is 35.4 Å². The lowest BCUT2D eigenvalue weighted by Crippen LogP contribution is -2.32. The van der Waals surface area contributed by atoms with Gasteiger partial charge in [0.1, 0.15) is 0 Å². The molecule has 1 heterocycles. The Bertz CT molecular complexity index is 1560. The Hall–Kier alpha value is -3.32. The largest absolute Gasteiger partial charge is 0.416 e. The fraction of sp³-hybridized carbons (Fsp3) is 0.424. The van der Waals surface area contributed by atoms with Crippen LogP contribution in [-0.2, 0) is 26.4 Å². The van der Waals surface area contributed by atoms with E-state index < -0.39 is 11.7 Å². The maximum Gasteiger partial charge on any atom is 0.416 e. The molecular weight excluding hydrogens is 511 g/mol. The Morgan fingerprint density at radius 2 is 1.45 bits per heavy atom. The number of benzene rings is 3. The van der Waals surface area contributed by atoms with Crippen molar-refractivity contribution in [3.8, 4) is 0 Å². The first-order valence-electron chi connectivity index (χ1n) is 13.8. The van der Waals surface area contributed by atoms with Gasteiger partial charge in [0.15, 0.2) is 0 Å². The smallest absolute Gasteiger partial charge is 0.392 e. The van der Waals surface area contributed by atoms with Crippen LogP contribution in [0.25, 0.3) is 11.0 Å². The van der Waals surface area contributed by atoms with Gasteiger partial charge < -0.3 is 14.2 Å². The summed E-state index contributed by atoms with van der Waals surface area (Å²) in [6.07, 6.45) is -0.941. The number of aromatic nitrogens is 2. The van der Waals surface area contributed by atoms with Crippen LogP contribution in [0.4, 0.5) is 18.9 Å². The van der Waals surface area contributed by atoms with Gasteiger partial charge in [0.25, 0.3) is 0 Å². The standard InChI is InChI=1S/C33H38F3N3O/c1-31(2)17-25(18-32(3,4)21-31)24-10-13-27(14-11-24)37-30-38(5)28-15-12-26(33(34,35)36)16-29(28)39(30)19-22-6-8-23(20-40)9-7-22/h6-16,25,40H,17-21H2,1-5H3/b37-30-. The van der Waals surface area contributed by atoms with E-state index in [2.05, 4.69) is 39.8 Å². The molecule has 0 amide bonds. The number of fused-ring (bicyclic) bond motifs is 1. The van der Waals surface area contributed by atoms with Gasteiger partial charge in [-0.1, -0.05) is 64.1 Å². The van der Waals surface area contributed by atoms with Crippen LogP contribution in [0.3, 0.4) is 0 Å². The SMILES string of the molecule is Cn1/c(=N/c2ccc(C3CC(C)(C)CC(C)(C)C3)cc2)n(Cc2ccc(CO)cc2)c2cc(C(F)(F)F)ccc21. The third-order valence-electron chi connectivity index (χ3n) is 8.19. The van der Waals surface area contributed by atoms with E-state index >= 15 is 0 Å². The predicted molar refractivity (Wildman–Crippen MR) is 153 cm³/mol. The summed E-state index contributed by atoms with van der Waals surface area (Å²) in [7, 11) is 1.83. The number of hydrogen-bond acceptors (Lipinski definition) is 2. The topological polar surface area (TPSA) is 42.5 Å². The van der Waals surface area contributed by atoms with E-state index in [0.717, 1.165) is 35.7 Å². The lowest BCUT2D eigenvalue weighted by atomic mass is 9.60. The van der Waals surface area contributed by atoms with E-state index in [-0.39, 0.29) is 17.4 Å². The average Bonchev–Trinajstić information content (AvgIpc) is 3.12. The van der Waals surface area contributed by atoms with Crippen LogP contribution in [-0.4, -0.2) is 14.2 Å². The van der Waals surface area contributed by atoms with E-state index in [0.29, 0.717) is 29.1 Å². The molecule has 212 valence electrons. The van der Waals surface area contributed by atoms with Crippen LogP contribution < -0.4 is 5.62 Å². The van der Waals surface area contributed by atoms with Gasteiger partial charge in [0.2, 0.25) is 5.62 Å². The minimum Gasteiger partial charge on any atom is -0.392 e. The Morgan fingerprint density at radius 1 is 0.850 bits per heavy atom. The highest BCUT2D eigenvalue weighted by Gasteiger charge is 2.38. The van der Waals surface area contributed by atoms with Crippen molar-refractivity contribution >= 4 is 16.7 Å². The molecule has 0 aliphatic heterocycles. The number of halogens is 3. The summed E-state index contributed by atoms with van der Waals surface area (Å²) in [5.74, 6) is 0.484. The summed E-state index contributed by atoms with van der Waals surface area (Å²) in [6.45, 7) is 9.68. The minimum absolute atomic E-state index is 0.0664. The Labute approximate surface area is 233 Å². The second kappa shape index (κ2) is 10.3. The predicted octanol–water partition coefficient (Wildman–Crippen LogP) is 8.09. The molecule has 1 fully saturated rings. The summed E-state index contributed by atoms with van der Waals surface area (Å²) in [4.78, 5) is 4.95. The molecule has 1 aliphatic rings. The molecule has 4 aromatic rings. The molecule has 1 aliphatic carbocycles. The quantitative estimate of drug-likeness (QED) is 0.269. The monoisotopic (exact) mass is 549 g/mol.